The highest BCUT2D eigenvalue weighted by atomic mass is 32.2. The van der Waals surface area contributed by atoms with Crippen molar-refractivity contribution in [3.63, 3.8) is 0 Å². The van der Waals surface area contributed by atoms with Crippen molar-refractivity contribution < 1.29 is 26.5 Å². The third kappa shape index (κ3) is 5.44. The van der Waals surface area contributed by atoms with Crippen LogP contribution in [0.15, 0.2) is 24.8 Å². The van der Waals surface area contributed by atoms with Gasteiger partial charge < -0.3 is 15.8 Å². The molecule has 14 nitrogen and oxygen atoms in total. The second kappa shape index (κ2) is 9.87. The van der Waals surface area contributed by atoms with Gasteiger partial charge in [0.25, 0.3) is 10.1 Å². The van der Waals surface area contributed by atoms with Gasteiger partial charge in [0.05, 0.1) is 41.4 Å². The molecule has 190 valence electrons. The maximum absolute atomic E-state index is 12.4. The predicted molar refractivity (Wildman–Crippen MR) is 127 cm³/mol. The number of hydrogen-bond donors (Lipinski definition) is 4. The molecule has 1 saturated heterocycles. The van der Waals surface area contributed by atoms with E-state index in [-0.39, 0.29) is 25.3 Å². The number of nitrogens with zero attached hydrogens (tertiary/aromatic N) is 6. The van der Waals surface area contributed by atoms with E-state index >= 15 is 0 Å². The molecular weight excluding hydrogens is 500 g/mol. The maximum atomic E-state index is 12.4. The molecular formula is C19H26N8O6S2. The Morgan fingerprint density at radius 3 is 2.51 bits per heavy atom. The number of H-pyrrole nitrogens is 1. The lowest BCUT2D eigenvalue weighted by Gasteiger charge is -2.48. The molecule has 0 atom stereocenters. The van der Waals surface area contributed by atoms with Crippen molar-refractivity contribution in [2.75, 3.05) is 31.2 Å². The van der Waals surface area contributed by atoms with Crippen molar-refractivity contribution in [2.24, 2.45) is 0 Å². The summed E-state index contributed by atoms with van der Waals surface area (Å²) < 4.78 is 54.9. The zero-order valence-corrected chi connectivity index (χ0v) is 20.7. The van der Waals surface area contributed by atoms with E-state index in [0.717, 1.165) is 5.39 Å². The molecule has 3 aromatic heterocycles. The second-order valence-electron chi connectivity index (χ2n) is 8.27. The number of aromatic amines is 1. The Morgan fingerprint density at radius 1 is 1.29 bits per heavy atom. The Balaban J connectivity index is 0.000000429. The molecule has 1 fully saturated rings. The monoisotopic (exact) mass is 526 g/mol. The number of aliphatic hydroxyl groups is 1. The predicted octanol–water partition coefficient (Wildman–Crippen LogP) is -0.0671. The van der Waals surface area contributed by atoms with Crippen LogP contribution in [-0.2, 0) is 25.7 Å². The van der Waals surface area contributed by atoms with E-state index in [9.17, 15) is 22.1 Å². The largest absolute Gasteiger partial charge is 0.395 e. The van der Waals surface area contributed by atoms with Crippen LogP contribution in [0, 0.1) is 11.3 Å². The van der Waals surface area contributed by atoms with E-state index in [4.69, 9.17) is 15.4 Å². The number of fused-ring (bicyclic) bond motifs is 1. The van der Waals surface area contributed by atoms with E-state index in [2.05, 4.69) is 26.1 Å². The van der Waals surface area contributed by atoms with Gasteiger partial charge in [0.1, 0.15) is 17.5 Å². The van der Waals surface area contributed by atoms with Crippen LogP contribution in [-0.4, -0.2) is 86.2 Å². The number of nitriles is 1. The first-order chi connectivity index (χ1) is 16.3. The number of sulfonamides is 1. The zero-order valence-electron chi connectivity index (χ0n) is 19.0. The van der Waals surface area contributed by atoms with Crippen LogP contribution in [0.2, 0.25) is 0 Å². The van der Waals surface area contributed by atoms with E-state index in [1.54, 1.807) is 30.9 Å². The van der Waals surface area contributed by atoms with E-state index in [1.807, 2.05) is 6.07 Å². The fraction of sp³-hybridized carbons (Fsp3) is 0.474. The highest BCUT2D eigenvalue weighted by Crippen LogP contribution is 2.38. The van der Waals surface area contributed by atoms with Gasteiger partial charge >= 0.3 is 0 Å². The summed E-state index contributed by atoms with van der Waals surface area (Å²) in [4.78, 5) is 11.5. The van der Waals surface area contributed by atoms with E-state index in [1.165, 1.54) is 10.6 Å². The van der Waals surface area contributed by atoms with Crippen molar-refractivity contribution in [1.29, 1.82) is 5.26 Å². The molecule has 0 amide bonds. The molecule has 1 aliphatic rings. The number of anilines is 1. The van der Waals surface area contributed by atoms with Crippen LogP contribution in [0.1, 0.15) is 20.3 Å². The van der Waals surface area contributed by atoms with Crippen LogP contribution in [0.4, 0.5) is 5.82 Å². The second-order valence-corrected chi connectivity index (χ2v) is 12.3. The van der Waals surface area contributed by atoms with Gasteiger partial charge in [-0.3, -0.25) is 9.23 Å². The summed E-state index contributed by atoms with van der Waals surface area (Å²) in [7, 11) is -7.31. The topological polar surface area (TPSA) is 221 Å². The van der Waals surface area contributed by atoms with Gasteiger partial charge in [-0.2, -0.15) is 23.1 Å². The fourth-order valence-corrected chi connectivity index (χ4v) is 5.26. The smallest absolute Gasteiger partial charge is 0.267 e. The number of rotatable bonds is 7. The van der Waals surface area contributed by atoms with Gasteiger partial charge in [-0.25, -0.2) is 18.4 Å². The van der Waals surface area contributed by atoms with E-state index < -0.39 is 43.3 Å². The number of nitrogens with one attached hydrogen (secondary N) is 1. The fourth-order valence-electron chi connectivity index (χ4n) is 3.59. The standard InChI is InChI=1S/C17H20N8O2S.C2H6O4S/c1-11(2)28(26,27)24-8-17(9-24,4-5-18)25-7-13(15(19)23-25)14-12-3-6-20-16(12)22-10-21-14;3-1-2-7(4,5)6/h3,6-7,10-11H,4,8-9H2,1-2H3,(H2,19,23)(H,20,21,22);3H,1-2H2,(H,4,5,6). The summed E-state index contributed by atoms with van der Waals surface area (Å²) in [6, 6.07) is 4.00. The summed E-state index contributed by atoms with van der Waals surface area (Å²) >= 11 is 0. The minimum atomic E-state index is -3.92. The summed E-state index contributed by atoms with van der Waals surface area (Å²) in [5.41, 5.74) is 7.35. The first-order valence-corrected chi connectivity index (χ1v) is 13.5. The van der Waals surface area contributed by atoms with Gasteiger partial charge in [-0.15, -0.1) is 0 Å². The number of nitrogens with two attached hydrogens (primary N) is 1. The average molecular weight is 527 g/mol. The third-order valence-corrected chi connectivity index (χ3v) is 8.36. The normalized spacial score (nSPS) is 15.9. The Kier molecular flexibility index (Phi) is 7.48. The minimum Gasteiger partial charge on any atom is -0.395 e. The van der Waals surface area contributed by atoms with Crippen LogP contribution in [0.3, 0.4) is 0 Å². The van der Waals surface area contributed by atoms with Crippen molar-refractivity contribution >= 4 is 37.0 Å². The Bertz CT molecular complexity index is 1450. The van der Waals surface area contributed by atoms with Gasteiger partial charge in [-0.05, 0) is 19.9 Å². The first-order valence-electron chi connectivity index (χ1n) is 10.4. The molecule has 35 heavy (non-hydrogen) atoms. The van der Waals surface area contributed by atoms with Gasteiger partial charge in [0.15, 0.2) is 5.82 Å². The third-order valence-electron chi connectivity index (χ3n) is 5.49. The lowest BCUT2D eigenvalue weighted by Crippen LogP contribution is -2.65. The molecule has 3 aromatic rings. The first kappa shape index (κ1) is 26.5. The zero-order chi connectivity index (χ0) is 26.0. The summed E-state index contributed by atoms with van der Waals surface area (Å²) in [5.74, 6) is -0.309. The Labute approximate surface area is 202 Å². The van der Waals surface area contributed by atoms with Gasteiger partial charge in [-0.1, -0.05) is 0 Å². The minimum absolute atomic E-state index is 0.126. The quantitative estimate of drug-likeness (QED) is 0.298. The molecule has 0 unspecified atom stereocenters. The number of nitrogen functional groups attached to an aromatic ring is 1. The molecule has 4 rings (SSSR count). The molecule has 0 aromatic carbocycles. The molecule has 5 N–H and O–H groups in total. The van der Waals surface area contributed by atoms with Crippen molar-refractivity contribution in [3.05, 3.63) is 24.8 Å². The highest BCUT2D eigenvalue weighted by molar-refractivity contribution is 7.89. The molecule has 4 heterocycles. The lowest BCUT2D eigenvalue weighted by molar-refractivity contribution is 0.0714. The Hall–Kier alpha value is -3.10. The van der Waals surface area contributed by atoms with Crippen molar-refractivity contribution in [1.82, 2.24) is 29.0 Å². The molecule has 0 radical (unpaired) electrons. The molecule has 1 aliphatic heterocycles. The van der Waals surface area contributed by atoms with Crippen LogP contribution in [0.25, 0.3) is 22.3 Å². The number of aromatic nitrogens is 5. The molecule has 0 saturated carbocycles. The number of aliphatic hydroxyl groups excluding tert-OH is 1. The molecule has 0 aliphatic carbocycles. The lowest BCUT2D eigenvalue weighted by atomic mass is 9.89. The summed E-state index contributed by atoms with van der Waals surface area (Å²) in [6.07, 6.45) is 5.07. The van der Waals surface area contributed by atoms with Crippen LogP contribution < -0.4 is 5.73 Å². The molecule has 16 heteroatoms. The number of hydrogen-bond acceptors (Lipinski definition) is 10. The van der Waals surface area contributed by atoms with E-state index in [0.29, 0.717) is 16.9 Å². The molecule has 0 spiro atoms. The van der Waals surface area contributed by atoms with Crippen LogP contribution >= 0.6 is 0 Å². The van der Waals surface area contributed by atoms with Crippen molar-refractivity contribution in [3.8, 4) is 17.3 Å². The molecule has 0 bridgehead atoms. The highest BCUT2D eigenvalue weighted by Gasteiger charge is 2.51. The SMILES string of the molecule is CC(C)S(=O)(=O)N1CC(CC#N)(n2cc(-c3ncnc4[nH]ccc34)c(N)n2)C1.O=S(=O)(O)CCO. The Morgan fingerprint density at radius 2 is 1.97 bits per heavy atom. The maximum Gasteiger partial charge on any atom is 0.267 e. The summed E-state index contributed by atoms with van der Waals surface area (Å²) in [5, 5.41) is 21.9. The summed E-state index contributed by atoms with van der Waals surface area (Å²) in [6.45, 7) is 3.12. The van der Waals surface area contributed by atoms with Gasteiger partial charge in [0.2, 0.25) is 10.0 Å². The van der Waals surface area contributed by atoms with Crippen LogP contribution in [0.5, 0.6) is 0 Å². The average Bonchev–Trinajstić information content (AvgIpc) is 3.36. The van der Waals surface area contributed by atoms with Gasteiger partial charge in [0, 0.05) is 30.9 Å². The van der Waals surface area contributed by atoms with Crippen molar-refractivity contribution in [2.45, 2.75) is 31.1 Å².